The van der Waals surface area contributed by atoms with Crippen molar-refractivity contribution in [3.05, 3.63) is 41.3 Å². The van der Waals surface area contributed by atoms with Crippen molar-refractivity contribution in [2.24, 2.45) is 5.73 Å². The second-order valence-corrected chi connectivity index (χ2v) is 5.85. The third-order valence-electron chi connectivity index (χ3n) is 4.02. The number of fused-ring (bicyclic) bond motifs is 1. The highest BCUT2D eigenvalue weighted by Gasteiger charge is 2.38. The Morgan fingerprint density at radius 3 is 3.00 bits per heavy atom. The average Bonchev–Trinajstić information content (AvgIpc) is 2.91. The van der Waals surface area contributed by atoms with Crippen LogP contribution in [0.15, 0.2) is 24.4 Å². The van der Waals surface area contributed by atoms with Crippen molar-refractivity contribution >= 4 is 18.6 Å². The number of hydrogen-bond donors (Lipinski definition) is 2. The van der Waals surface area contributed by atoms with Crippen molar-refractivity contribution in [2.45, 2.75) is 32.9 Å². The molecule has 1 aromatic carbocycles. The molecule has 1 aliphatic heterocycles. The molecular formula is C17H20BN3O5. The van der Waals surface area contributed by atoms with Crippen molar-refractivity contribution in [3.8, 4) is 11.6 Å². The molecule has 8 nitrogen and oxygen atoms in total. The predicted octanol–water partition coefficient (Wildman–Crippen LogP) is 0.748. The first-order valence-corrected chi connectivity index (χ1v) is 8.35. The first-order chi connectivity index (χ1) is 12.5. The van der Waals surface area contributed by atoms with Crippen LogP contribution >= 0.6 is 0 Å². The van der Waals surface area contributed by atoms with E-state index in [1.165, 1.54) is 0 Å². The molecule has 0 spiro atoms. The Hall–Kier alpha value is -2.49. The first kappa shape index (κ1) is 18.3. The Morgan fingerprint density at radius 2 is 2.27 bits per heavy atom. The van der Waals surface area contributed by atoms with Crippen LogP contribution in [0.1, 0.15) is 36.4 Å². The SMILES string of the molecule is CCOC(=O)CC1OB(O)c2cc(Oc3ccnc(CN)n3)cc(C)c21. The lowest BCUT2D eigenvalue weighted by molar-refractivity contribution is -0.145. The molecule has 0 saturated heterocycles. The molecular weight excluding hydrogens is 337 g/mol. The zero-order valence-electron chi connectivity index (χ0n) is 14.6. The third-order valence-corrected chi connectivity index (χ3v) is 4.02. The maximum Gasteiger partial charge on any atom is 0.492 e. The molecule has 0 bridgehead atoms. The number of aryl methyl sites for hydroxylation is 1. The monoisotopic (exact) mass is 357 g/mol. The van der Waals surface area contributed by atoms with Gasteiger partial charge in [0, 0.05) is 12.3 Å². The number of hydrogen-bond acceptors (Lipinski definition) is 8. The van der Waals surface area contributed by atoms with Crippen molar-refractivity contribution in [1.82, 2.24) is 9.97 Å². The van der Waals surface area contributed by atoms with E-state index in [9.17, 15) is 9.82 Å². The number of rotatable bonds is 6. The fourth-order valence-electron chi connectivity index (χ4n) is 2.97. The summed E-state index contributed by atoms with van der Waals surface area (Å²) in [7, 11) is -1.13. The molecule has 1 unspecified atom stereocenters. The van der Waals surface area contributed by atoms with E-state index in [1.54, 1.807) is 25.3 Å². The van der Waals surface area contributed by atoms with Crippen LogP contribution in [0.5, 0.6) is 11.6 Å². The Kier molecular flexibility index (Phi) is 5.50. The molecule has 136 valence electrons. The normalized spacial score (nSPS) is 15.7. The molecule has 0 saturated carbocycles. The van der Waals surface area contributed by atoms with Gasteiger partial charge in [0.2, 0.25) is 5.88 Å². The maximum absolute atomic E-state index is 11.8. The van der Waals surface area contributed by atoms with Gasteiger partial charge >= 0.3 is 13.1 Å². The van der Waals surface area contributed by atoms with Crippen LogP contribution in [0.25, 0.3) is 0 Å². The Bertz CT molecular complexity index is 817. The highest BCUT2D eigenvalue weighted by Crippen LogP contribution is 2.33. The number of esters is 1. The van der Waals surface area contributed by atoms with Crippen molar-refractivity contribution in [1.29, 1.82) is 0 Å². The van der Waals surface area contributed by atoms with Crippen LogP contribution in [-0.2, 0) is 20.7 Å². The lowest BCUT2D eigenvalue weighted by atomic mass is 9.77. The van der Waals surface area contributed by atoms with E-state index in [2.05, 4.69) is 9.97 Å². The van der Waals surface area contributed by atoms with Crippen LogP contribution in [0.3, 0.4) is 0 Å². The van der Waals surface area contributed by atoms with Crippen LogP contribution < -0.4 is 15.9 Å². The largest absolute Gasteiger partial charge is 0.492 e. The lowest BCUT2D eigenvalue weighted by Gasteiger charge is -2.14. The summed E-state index contributed by atoms with van der Waals surface area (Å²) in [6, 6.07) is 5.11. The lowest BCUT2D eigenvalue weighted by Crippen LogP contribution is -2.28. The molecule has 9 heteroatoms. The third kappa shape index (κ3) is 3.85. The van der Waals surface area contributed by atoms with Gasteiger partial charge in [-0.2, -0.15) is 4.98 Å². The summed E-state index contributed by atoms with van der Waals surface area (Å²) in [6.07, 6.45) is 1.07. The zero-order chi connectivity index (χ0) is 18.7. The molecule has 0 aliphatic carbocycles. The fraction of sp³-hybridized carbons (Fsp3) is 0.353. The highest BCUT2D eigenvalue weighted by atomic mass is 16.5. The van der Waals surface area contributed by atoms with E-state index >= 15 is 0 Å². The summed E-state index contributed by atoms with van der Waals surface area (Å²) < 4.78 is 16.3. The number of carbonyl (C=O) groups is 1. The van der Waals surface area contributed by atoms with Gasteiger partial charge in [0.25, 0.3) is 0 Å². The van der Waals surface area contributed by atoms with Gasteiger partial charge in [0.15, 0.2) is 0 Å². The number of nitrogens with zero attached hydrogens (tertiary/aromatic N) is 2. The van der Waals surface area contributed by atoms with Gasteiger partial charge < -0.3 is 24.9 Å². The molecule has 1 aromatic heterocycles. The number of carbonyl (C=O) groups excluding carboxylic acids is 1. The predicted molar refractivity (Wildman–Crippen MR) is 93.9 cm³/mol. The van der Waals surface area contributed by atoms with Crippen molar-refractivity contribution < 1.29 is 23.9 Å². The van der Waals surface area contributed by atoms with Crippen LogP contribution in [0, 0.1) is 6.92 Å². The summed E-state index contributed by atoms with van der Waals surface area (Å²) in [5, 5.41) is 10.2. The van der Waals surface area contributed by atoms with E-state index in [4.69, 9.17) is 19.9 Å². The molecule has 3 rings (SSSR count). The van der Waals surface area contributed by atoms with E-state index in [1.807, 2.05) is 13.0 Å². The standard InChI is InChI=1S/C17H20BN3O5/c1-3-24-16(22)8-13-17-10(2)6-11(7-12(17)18(23)26-13)25-15-4-5-20-14(9-19)21-15/h4-7,13,23H,3,8-9,19H2,1-2H3. The topological polar surface area (TPSA) is 117 Å². The molecule has 0 radical (unpaired) electrons. The summed E-state index contributed by atoms with van der Waals surface area (Å²) >= 11 is 0. The second-order valence-electron chi connectivity index (χ2n) is 5.85. The average molecular weight is 357 g/mol. The molecule has 2 aromatic rings. The van der Waals surface area contributed by atoms with E-state index in [-0.39, 0.29) is 18.9 Å². The molecule has 3 N–H and O–H groups in total. The smallest absolute Gasteiger partial charge is 0.466 e. The van der Waals surface area contributed by atoms with Gasteiger partial charge in [-0.25, -0.2) is 4.98 Å². The minimum atomic E-state index is -1.13. The van der Waals surface area contributed by atoms with E-state index in [0.29, 0.717) is 29.5 Å². The number of benzene rings is 1. The molecule has 2 heterocycles. The maximum atomic E-state index is 11.8. The van der Waals surface area contributed by atoms with Crippen LogP contribution in [0.2, 0.25) is 0 Å². The van der Waals surface area contributed by atoms with Gasteiger partial charge in [-0.15, -0.1) is 0 Å². The molecule has 26 heavy (non-hydrogen) atoms. The van der Waals surface area contributed by atoms with Crippen molar-refractivity contribution in [3.63, 3.8) is 0 Å². The quantitative estimate of drug-likeness (QED) is 0.575. The molecule has 0 fully saturated rings. The Morgan fingerprint density at radius 1 is 1.46 bits per heavy atom. The number of ether oxygens (including phenoxy) is 2. The summed E-state index contributed by atoms with van der Waals surface area (Å²) in [5.74, 6) is 0.962. The molecule has 1 aliphatic rings. The second kappa shape index (κ2) is 7.82. The number of aromatic nitrogens is 2. The minimum Gasteiger partial charge on any atom is -0.466 e. The fourth-order valence-corrected chi connectivity index (χ4v) is 2.97. The first-order valence-electron chi connectivity index (χ1n) is 8.35. The van der Waals surface area contributed by atoms with Gasteiger partial charge in [0.05, 0.1) is 25.7 Å². The highest BCUT2D eigenvalue weighted by molar-refractivity contribution is 6.62. The van der Waals surface area contributed by atoms with Gasteiger partial charge in [0.1, 0.15) is 11.6 Å². The van der Waals surface area contributed by atoms with Crippen molar-refractivity contribution in [2.75, 3.05) is 6.61 Å². The Balaban J connectivity index is 1.85. The van der Waals surface area contributed by atoms with E-state index in [0.717, 1.165) is 11.1 Å². The van der Waals surface area contributed by atoms with E-state index < -0.39 is 13.2 Å². The summed E-state index contributed by atoms with van der Waals surface area (Å²) in [4.78, 5) is 20.0. The van der Waals surface area contributed by atoms with Crippen LogP contribution in [-0.4, -0.2) is 34.7 Å². The van der Waals surface area contributed by atoms with Crippen LogP contribution in [0.4, 0.5) is 0 Å². The summed E-state index contributed by atoms with van der Waals surface area (Å²) in [5.41, 5.74) is 7.73. The van der Waals surface area contributed by atoms with Gasteiger partial charge in [-0.1, -0.05) is 0 Å². The molecule has 1 atom stereocenters. The van der Waals surface area contributed by atoms with Gasteiger partial charge in [-0.05, 0) is 42.6 Å². The minimum absolute atomic E-state index is 0.0463. The number of nitrogens with two attached hydrogens (primary N) is 1. The van der Waals surface area contributed by atoms with Gasteiger partial charge in [-0.3, -0.25) is 4.79 Å². The molecule has 0 amide bonds. The zero-order valence-corrected chi connectivity index (χ0v) is 14.6. The summed E-state index contributed by atoms with van der Waals surface area (Å²) in [6.45, 7) is 4.13. The Labute approximate surface area is 151 Å².